The summed E-state index contributed by atoms with van der Waals surface area (Å²) in [6, 6.07) is 11.2. The molecule has 1 aliphatic rings. The lowest BCUT2D eigenvalue weighted by atomic mass is 10.2. The van der Waals surface area contributed by atoms with Crippen LogP contribution in [0.3, 0.4) is 0 Å². The van der Waals surface area contributed by atoms with E-state index < -0.39 is 0 Å². The number of anilines is 1. The fraction of sp³-hybridized carbons (Fsp3) is 0.0588. The van der Waals surface area contributed by atoms with E-state index in [4.69, 9.17) is 12.2 Å². The number of aryl methyl sites for hydroxylation is 1. The van der Waals surface area contributed by atoms with Gasteiger partial charge in [-0.3, -0.25) is 9.69 Å². The summed E-state index contributed by atoms with van der Waals surface area (Å²) in [6.07, 6.45) is 1.77. The number of hydrogen-bond donors (Lipinski definition) is 1. The highest BCUT2D eigenvalue weighted by atomic mass is 79.9. The van der Waals surface area contributed by atoms with Gasteiger partial charge in [-0.05, 0) is 74.7 Å². The molecule has 0 aromatic heterocycles. The minimum atomic E-state index is -0.144. The van der Waals surface area contributed by atoms with Crippen LogP contribution in [0.15, 0.2) is 50.2 Å². The molecule has 1 N–H and O–H groups in total. The summed E-state index contributed by atoms with van der Waals surface area (Å²) in [5.74, 6) is -0.0199. The summed E-state index contributed by atoms with van der Waals surface area (Å²) >= 11 is 13.2. The first-order chi connectivity index (χ1) is 11.4. The summed E-state index contributed by atoms with van der Waals surface area (Å²) in [6.45, 7) is 1.99. The quantitative estimate of drug-likeness (QED) is 0.442. The number of phenols is 1. The molecular formula is C17H11Br2NO2S2. The lowest BCUT2D eigenvalue weighted by Gasteiger charge is -2.14. The van der Waals surface area contributed by atoms with E-state index in [0.29, 0.717) is 18.2 Å². The topological polar surface area (TPSA) is 40.5 Å². The maximum absolute atomic E-state index is 12.7. The van der Waals surface area contributed by atoms with Crippen LogP contribution in [0.25, 0.3) is 6.08 Å². The monoisotopic (exact) mass is 483 g/mol. The van der Waals surface area contributed by atoms with Crippen molar-refractivity contribution in [1.82, 2.24) is 0 Å². The van der Waals surface area contributed by atoms with Gasteiger partial charge in [-0.25, -0.2) is 0 Å². The number of halogens is 2. The predicted octanol–water partition coefficient (Wildman–Crippen LogP) is 5.63. The highest BCUT2D eigenvalue weighted by molar-refractivity contribution is 9.11. The molecule has 1 heterocycles. The maximum Gasteiger partial charge on any atom is 0.270 e. The summed E-state index contributed by atoms with van der Waals surface area (Å²) in [4.78, 5) is 14.8. The molecule has 2 aromatic carbocycles. The number of aromatic hydroxyl groups is 1. The number of benzene rings is 2. The van der Waals surface area contributed by atoms with Crippen LogP contribution in [0.2, 0.25) is 0 Å². The van der Waals surface area contributed by atoms with Crippen LogP contribution >= 0.6 is 55.8 Å². The van der Waals surface area contributed by atoms with Crippen molar-refractivity contribution in [2.45, 2.75) is 6.92 Å². The number of phenolic OH excluding ortho intramolecular Hbond substituents is 1. The summed E-state index contributed by atoms with van der Waals surface area (Å²) in [5, 5.41) is 9.78. The number of hydrogen-bond acceptors (Lipinski definition) is 4. The number of amides is 1. The Hall–Kier alpha value is -1.15. The Morgan fingerprint density at radius 1 is 1.17 bits per heavy atom. The Morgan fingerprint density at radius 2 is 1.75 bits per heavy atom. The highest BCUT2D eigenvalue weighted by Gasteiger charge is 2.33. The Kier molecular flexibility index (Phi) is 5.15. The Labute approximate surface area is 166 Å². The van der Waals surface area contributed by atoms with Crippen LogP contribution in [-0.4, -0.2) is 15.3 Å². The molecule has 0 unspecified atom stereocenters. The molecule has 1 amide bonds. The van der Waals surface area contributed by atoms with E-state index in [-0.39, 0.29) is 11.7 Å². The van der Waals surface area contributed by atoms with E-state index >= 15 is 0 Å². The minimum Gasteiger partial charge on any atom is -0.506 e. The van der Waals surface area contributed by atoms with Crippen molar-refractivity contribution < 1.29 is 9.90 Å². The predicted molar refractivity (Wildman–Crippen MR) is 110 cm³/mol. The van der Waals surface area contributed by atoms with Gasteiger partial charge in [-0.15, -0.1) is 0 Å². The third-order valence-corrected chi connectivity index (χ3v) is 5.93. The fourth-order valence-electron chi connectivity index (χ4n) is 2.20. The Bertz CT molecular complexity index is 856. The second-order valence-corrected chi connectivity index (χ2v) is 8.57. The molecule has 122 valence electrons. The van der Waals surface area contributed by atoms with Gasteiger partial charge in [-0.1, -0.05) is 41.7 Å². The normalized spacial score (nSPS) is 16.3. The van der Waals surface area contributed by atoms with Gasteiger partial charge in [0.2, 0.25) is 0 Å². The molecule has 0 bridgehead atoms. The van der Waals surface area contributed by atoms with Crippen LogP contribution < -0.4 is 4.90 Å². The van der Waals surface area contributed by atoms with Crippen LogP contribution in [0, 0.1) is 6.92 Å². The van der Waals surface area contributed by atoms with Gasteiger partial charge in [0.15, 0.2) is 4.32 Å². The van der Waals surface area contributed by atoms with Crippen LogP contribution in [-0.2, 0) is 4.79 Å². The third-order valence-electron chi connectivity index (χ3n) is 3.42. The summed E-state index contributed by atoms with van der Waals surface area (Å²) < 4.78 is 1.61. The van der Waals surface area contributed by atoms with Gasteiger partial charge < -0.3 is 5.11 Å². The molecule has 0 aliphatic carbocycles. The van der Waals surface area contributed by atoms with E-state index in [9.17, 15) is 9.90 Å². The van der Waals surface area contributed by atoms with E-state index in [1.165, 1.54) is 16.7 Å². The highest BCUT2D eigenvalue weighted by Crippen LogP contribution is 2.38. The zero-order valence-corrected chi connectivity index (χ0v) is 17.2. The van der Waals surface area contributed by atoms with Crippen molar-refractivity contribution in [3.8, 4) is 5.75 Å². The standard InChI is InChI=1S/C17H11Br2NO2S2/c1-9-2-4-11(5-3-9)20-16(22)14(24-17(20)23)8-10-6-12(18)15(21)13(19)7-10/h2-8,21H,1H3/b14-8-. The first-order valence-corrected chi connectivity index (χ1v) is 9.70. The van der Waals surface area contributed by atoms with Gasteiger partial charge in [0.05, 0.1) is 19.5 Å². The lowest BCUT2D eigenvalue weighted by Crippen LogP contribution is -2.27. The molecule has 0 radical (unpaired) electrons. The van der Waals surface area contributed by atoms with Crippen molar-refractivity contribution in [2.75, 3.05) is 4.90 Å². The van der Waals surface area contributed by atoms with Crippen molar-refractivity contribution in [1.29, 1.82) is 0 Å². The molecular weight excluding hydrogens is 474 g/mol. The zero-order chi connectivity index (χ0) is 17.4. The van der Waals surface area contributed by atoms with Gasteiger partial charge in [0.1, 0.15) is 5.75 Å². The summed E-state index contributed by atoms with van der Waals surface area (Å²) in [7, 11) is 0. The molecule has 0 atom stereocenters. The first-order valence-electron chi connectivity index (χ1n) is 6.89. The molecule has 0 spiro atoms. The molecule has 7 heteroatoms. The Morgan fingerprint density at radius 3 is 2.33 bits per heavy atom. The van der Waals surface area contributed by atoms with Crippen LogP contribution in [0.4, 0.5) is 5.69 Å². The molecule has 2 aromatic rings. The molecule has 1 aliphatic heterocycles. The van der Waals surface area contributed by atoms with E-state index in [1.54, 1.807) is 18.2 Å². The second kappa shape index (κ2) is 7.00. The van der Waals surface area contributed by atoms with E-state index in [1.807, 2.05) is 31.2 Å². The third kappa shape index (κ3) is 3.44. The molecule has 0 saturated carbocycles. The summed E-state index contributed by atoms with van der Waals surface area (Å²) in [5.41, 5.74) is 2.68. The lowest BCUT2D eigenvalue weighted by molar-refractivity contribution is -0.113. The molecule has 3 nitrogen and oxygen atoms in total. The molecule has 3 rings (SSSR count). The SMILES string of the molecule is Cc1ccc(N2C(=O)/C(=C/c3cc(Br)c(O)c(Br)c3)SC2=S)cc1. The van der Waals surface area contributed by atoms with Gasteiger partial charge in [0, 0.05) is 0 Å². The first kappa shape index (κ1) is 17.7. The van der Waals surface area contributed by atoms with Gasteiger partial charge in [0.25, 0.3) is 5.91 Å². The smallest absolute Gasteiger partial charge is 0.270 e. The number of carbonyl (C=O) groups excluding carboxylic acids is 1. The molecule has 1 saturated heterocycles. The van der Waals surface area contributed by atoms with Crippen molar-refractivity contribution in [3.05, 3.63) is 61.4 Å². The average molecular weight is 485 g/mol. The zero-order valence-electron chi connectivity index (χ0n) is 12.4. The number of rotatable bonds is 2. The Balaban J connectivity index is 1.95. The van der Waals surface area contributed by atoms with Crippen molar-refractivity contribution in [3.63, 3.8) is 0 Å². The number of thiocarbonyl (C=S) groups is 1. The van der Waals surface area contributed by atoms with Crippen LogP contribution in [0.5, 0.6) is 5.75 Å². The number of nitrogens with zero attached hydrogens (tertiary/aromatic N) is 1. The largest absolute Gasteiger partial charge is 0.506 e. The average Bonchev–Trinajstić information content (AvgIpc) is 2.80. The van der Waals surface area contributed by atoms with Crippen LogP contribution in [0.1, 0.15) is 11.1 Å². The van der Waals surface area contributed by atoms with Crippen molar-refractivity contribution >= 4 is 77.8 Å². The maximum atomic E-state index is 12.7. The van der Waals surface area contributed by atoms with Gasteiger partial charge >= 0.3 is 0 Å². The van der Waals surface area contributed by atoms with Gasteiger partial charge in [-0.2, -0.15) is 0 Å². The number of carbonyl (C=O) groups is 1. The van der Waals surface area contributed by atoms with E-state index in [2.05, 4.69) is 31.9 Å². The van der Waals surface area contributed by atoms with Crippen molar-refractivity contribution in [2.24, 2.45) is 0 Å². The molecule has 1 fully saturated rings. The fourth-order valence-corrected chi connectivity index (χ4v) is 4.72. The van der Waals surface area contributed by atoms with E-state index in [0.717, 1.165) is 16.8 Å². The number of thioether (sulfide) groups is 1. The second-order valence-electron chi connectivity index (χ2n) is 5.19. The molecule has 24 heavy (non-hydrogen) atoms. The minimum absolute atomic E-state index is 0.124.